The summed E-state index contributed by atoms with van der Waals surface area (Å²) >= 11 is 9.06. The van der Waals surface area contributed by atoms with Crippen molar-refractivity contribution in [2.24, 2.45) is 0 Å². The molecule has 0 radical (unpaired) electrons. The number of halogens is 3. The lowest BCUT2D eigenvalue weighted by atomic mass is 10.1. The van der Waals surface area contributed by atoms with Gasteiger partial charge >= 0.3 is 5.97 Å². The second-order valence-corrected chi connectivity index (χ2v) is 6.06. The van der Waals surface area contributed by atoms with Crippen LogP contribution in [0.15, 0.2) is 46.9 Å². The average Bonchev–Trinajstić information content (AvgIpc) is 2.53. The highest BCUT2D eigenvalue weighted by atomic mass is 79.9. The molecule has 1 atom stereocenters. The number of carboxylic acid groups (broad SMARTS) is 1. The highest BCUT2D eigenvalue weighted by Crippen LogP contribution is 2.25. The Labute approximate surface area is 150 Å². The lowest BCUT2D eigenvalue weighted by molar-refractivity contribution is -0.139. The third-order valence-corrected chi connectivity index (χ3v) is 3.72. The number of hydrogen-bond donors (Lipinski definition) is 2. The van der Waals surface area contributed by atoms with Crippen LogP contribution >= 0.6 is 27.5 Å². The molecule has 0 aliphatic carbocycles. The topological polar surface area (TPSA) is 75.6 Å². The van der Waals surface area contributed by atoms with Gasteiger partial charge in [0.1, 0.15) is 5.75 Å². The fourth-order valence-corrected chi connectivity index (χ4v) is 2.28. The quantitative estimate of drug-likeness (QED) is 0.699. The first-order valence-electron chi connectivity index (χ1n) is 6.71. The van der Waals surface area contributed by atoms with Gasteiger partial charge in [0.15, 0.2) is 12.9 Å². The molecule has 126 valence electrons. The molecular formula is C16H12BrClFNO4. The number of carbonyl (C=O) groups is 2. The molecular weight excluding hydrogens is 405 g/mol. The van der Waals surface area contributed by atoms with Crippen LogP contribution in [0.2, 0.25) is 5.02 Å². The van der Waals surface area contributed by atoms with Crippen LogP contribution in [0.4, 0.5) is 4.39 Å². The maximum atomic E-state index is 14.2. The number of nitrogens with one attached hydrogen (secondary N) is 1. The zero-order valence-electron chi connectivity index (χ0n) is 12.1. The molecule has 0 aliphatic heterocycles. The van der Waals surface area contributed by atoms with E-state index < -0.39 is 24.8 Å². The normalized spacial score (nSPS) is 11.6. The number of carbonyl (C=O) groups excluding carboxylic acids is 1. The van der Waals surface area contributed by atoms with E-state index in [-0.39, 0.29) is 21.9 Å². The lowest BCUT2D eigenvalue weighted by Crippen LogP contribution is -2.26. The first kappa shape index (κ1) is 18.2. The molecule has 0 aliphatic rings. The van der Waals surface area contributed by atoms with Gasteiger partial charge in [0.25, 0.3) is 5.91 Å². The minimum atomic E-state index is -1.73. The van der Waals surface area contributed by atoms with Crippen molar-refractivity contribution in [1.29, 1.82) is 0 Å². The molecule has 0 spiro atoms. The molecule has 5 nitrogen and oxygen atoms in total. The van der Waals surface area contributed by atoms with Crippen molar-refractivity contribution in [2.75, 3.05) is 6.61 Å². The minimum absolute atomic E-state index is 0.0135. The summed E-state index contributed by atoms with van der Waals surface area (Å²) in [5.41, 5.74) is 0.258. The average molecular weight is 417 g/mol. The number of amides is 1. The van der Waals surface area contributed by atoms with Gasteiger partial charge in [-0.15, -0.1) is 0 Å². The third kappa shape index (κ3) is 4.94. The Balaban J connectivity index is 2.16. The Bertz CT molecular complexity index is 754. The van der Waals surface area contributed by atoms with Crippen LogP contribution in [0.25, 0.3) is 0 Å². The van der Waals surface area contributed by atoms with Crippen LogP contribution in [0.5, 0.6) is 5.75 Å². The Kier molecular flexibility index (Phi) is 6.16. The van der Waals surface area contributed by atoms with Gasteiger partial charge in [-0.05, 0) is 30.3 Å². The number of alkyl halides is 1. The maximum absolute atomic E-state index is 14.2. The number of benzene rings is 2. The van der Waals surface area contributed by atoms with E-state index in [4.69, 9.17) is 21.4 Å². The second-order valence-electron chi connectivity index (χ2n) is 4.71. The van der Waals surface area contributed by atoms with E-state index in [1.165, 1.54) is 30.3 Å². The van der Waals surface area contributed by atoms with Crippen LogP contribution in [-0.4, -0.2) is 23.6 Å². The van der Waals surface area contributed by atoms with E-state index in [1.807, 2.05) is 0 Å². The van der Waals surface area contributed by atoms with Crippen LogP contribution in [0, 0.1) is 0 Å². The summed E-state index contributed by atoms with van der Waals surface area (Å²) in [5, 5.41) is 11.1. The molecule has 8 heteroatoms. The molecule has 0 bridgehead atoms. The van der Waals surface area contributed by atoms with Crippen molar-refractivity contribution < 1.29 is 23.8 Å². The van der Waals surface area contributed by atoms with Gasteiger partial charge in [0, 0.05) is 15.1 Å². The van der Waals surface area contributed by atoms with Crippen molar-refractivity contribution in [3.05, 3.63) is 63.1 Å². The zero-order valence-corrected chi connectivity index (χ0v) is 14.5. The molecule has 0 saturated heterocycles. The Morgan fingerprint density at radius 2 is 1.92 bits per heavy atom. The largest absolute Gasteiger partial charge is 0.481 e. The second kappa shape index (κ2) is 8.12. The van der Waals surface area contributed by atoms with E-state index in [9.17, 15) is 14.0 Å². The van der Waals surface area contributed by atoms with Gasteiger partial charge in [-0.25, -0.2) is 9.18 Å². The third-order valence-electron chi connectivity index (χ3n) is 2.96. The molecule has 2 aromatic rings. The smallest absolute Gasteiger partial charge is 0.341 e. The summed E-state index contributed by atoms with van der Waals surface area (Å²) < 4.78 is 20.0. The molecule has 1 amide bonds. The molecule has 2 rings (SSSR count). The van der Waals surface area contributed by atoms with Crippen LogP contribution in [-0.2, 0) is 4.79 Å². The predicted octanol–water partition coefficient (Wildman–Crippen LogP) is 3.96. The Morgan fingerprint density at radius 1 is 1.25 bits per heavy atom. The molecule has 0 heterocycles. The molecule has 0 aromatic heterocycles. The SMILES string of the molecule is O=C(O)COc1cc(Cl)ccc1C(=O)NC(F)c1ccc(Br)cc1. The van der Waals surface area contributed by atoms with Crippen molar-refractivity contribution in [1.82, 2.24) is 5.32 Å². The van der Waals surface area contributed by atoms with Crippen LogP contribution in [0.1, 0.15) is 22.2 Å². The molecule has 0 saturated carbocycles. The summed E-state index contributed by atoms with van der Waals surface area (Å²) in [6.07, 6.45) is -1.73. The van der Waals surface area contributed by atoms with E-state index in [2.05, 4.69) is 21.2 Å². The standard InChI is InChI=1S/C16H12BrClFNO4/c17-10-3-1-9(2-4-10)15(19)20-16(23)12-6-5-11(18)7-13(12)24-8-14(21)22/h1-7,15H,8H2,(H,20,23)(H,21,22). The fourth-order valence-electron chi connectivity index (χ4n) is 1.85. The number of carboxylic acids is 1. The lowest BCUT2D eigenvalue weighted by Gasteiger charge is -2.14. The van der Waals surface area contributed by atoms with Crippen molar-refractivity contribution >= 4 is 39.4 Å². The van der Waals surface area contributed by atoms with Gasteiger partial charge in [-0.3, -0.25) is 4.79 Å². The molecule has 2 N–H and O–H groups in total. The summed E-state index contributed by atoms with van der Waals surface area (Å²) in [6.45, 7) is -0.646. The van der Waals surface area contributed by atoms with Gasteiger partial charge in [0.05, 0.1) is 5.56 Å². The summed E-state index contributed by atoms with van der Waals surface area (Å²) in [5.74, 6) is -1.99. The minimum Gasteiger partial charge on any atom is -0.481 e. The van der Waals surface area contributed by atoms with Gasteiger partial charge in [-0.2, -0.15) is 0 Å². The van der Waals surface area contributed by atoms with Gasteiger partial charge < -0.3 is 15.2 Å². The predicted molar refractivity (Wildman–Crippen MR) is 90.0 cm³/mol. The summed E-state index contributed by atoms with van der Waals surface area (Å²) in [7, 11) is 0. The zero-order chi connectivity index (χ0) is 17.7. The van der Waals surface area contributed by atoms with E-state index in [0.717, 1.165) is 4.47 Å². The van der Waals surface area contributed by atoms with E-state index in [1.54, 1.807) is 12.1 Å². The monoisotopic (exact) mass is 415 g/mol. The highest BCUT2D eigenvalue weighted by molar-refractivity contribution is 9.10. The van der Waals surface area contributed by atoms with Crippen LogP contribution in [0.3, 0.4) is 0 Å². The van der Waals surface area contributed by atoms with Crippen molar-refractivity contribution in [2.45, 2.75) is 6.30 Å². The first-order valence-corrected chi connectivity index (χ1v) is 7.88. The Morgan fingerprint density at radius 3 is 2.54 bits per heavy atom. The molecule has 24 heavy (non-hydrogen) atoms. The van der Waals surface area contributed by atoms with E-state index in [0.29, 0.717) is 0 Å². The molecule has 0 fully saturated rings. The number of hydrogen-bond acceptors (Lipinski definition) is 3. The van der Waals surface area contributed by atoms with Crippen LogP contribution < -0.4 is 10.1 Å². The molecule has 1 unspecified atom stereocenters. The van der Waals surface area contributed by atoms with Crippen molar-refractivity contribution in [3.8, 4) is 5.75 Å². The van der Waals surface area contributed by atoms with Gasteiger partial charge in [0.2, 0.25) is 0 Å². The number of rotatable bonds is 6. The maximum Gasteiger partial charge on any atom is 0.341 e. The highest BCUT2D eigenvalue weighted by Gasteiger charge is 2.19. The first-order chi connectivity index (χ1) is 11.4. The molecule has 2 aromatic carbocycles. The summed E-state index contributed by atoms with van der Waals surface area (Å²) in [6, 6.07) is 10.4. The Hall–Kier alpha value is -2.12. The van der Waals surface area contributed by atoms with E-state index >= 15 is 0 Å². The van der Waals surface area contributed by atoms with Crippen molar-refractivity contribution in [3.63, 3.8) is 0 Å². The van der Waals surface area contributed by atoms with Gasteiger partial charge in [-0.1, -0.05) is 39.7 Å². The summed E-state index contributed by atoms with van der Waals surface area (Å²) in [4.78, 5) is 22.8. The number of ether oxygens (including phenoxy) is 1. The number of aliphatic carboxylic acids is 1. The fraction of sp³-hybridized carbons (Fsp3) is 0.125.